The maximum absolute atomic E-state index is 5.93. The van der Waals surface area contributed by atoms with Gasteiger partial charge in [-0.25, -0.2) is 0 Å². The van der Waals surface area contributed by atoms with Gasteiger partial charge in [0, 0.05) is 35.1 Å². The molecule has 1 aliphatic heterocycles. The van der Waals surface area contributed by atoms with Gasteiger partial charge in [0.25, 0.3) is 0 Å². The first-order valence-corrected chi connectivity index (χ1v) is 8.63. The summed E-state index contributed by atoms with van der Waals surface area (Å²) < 4.78 is 0. The number of pyridine rings is 2. The monoisotopic (exact) mass is 322 g/mol. The van der Waals surface area contributed by atoms with Crippen molar-refractivity contribution in [3.8, 4) is 11.1 Å². The molecule has 1 aliphatic rings. The van der Waals surface area contributed by atoms with Crippen LogP contribution in [0.25, 0.3) is 11.1 Å². The van der Waals surface area contributed by atoms with Crippen molar-refractivity contribution < 1.29 is 0 Å². The Hall–Kier alpha value is -2.36. The average Bonchev–Trinajstić information content (AvgIpc) is 2.55. The van der Waals surface area contributed by atoms with E-state index in [1.54, 1.807) is 6.20 Å². The van der Waals surface area contributed by atoms with E-state index in [1.165, 1.54) is 12.1 Å². The molecule has 2 aromatic rings. The predicted octanol–water partition coefficient (Wildman–Crippen LogP) is 4.28. The van der Waals surface area contributed by atoms with E-state index in [0.29, 0.717) is 17.8 Å². The van der Waals surface area contributed by atoms with Crippen LogP contribution in [0.3, 0.4) is 0 Å². The average molecular weight is 322 g/mol. The molecule has 24 heavy (non-hydrogen) atoms. The number of aromatic nitrogens is 2. The summed E-state index contributed by atoms with van der Waals surface area (Å²) in [4.78, 5) is 11.6. The minimum Gasteiger partial charge on any atom is -0.397 e. The van der Waals surface area contributed by atoms with Gasteiger partial charge in [0.15, 0.2) is 0 Å². The minimum absolute atomic E-state index is 0.531. The number of nitrogens with two attached hydrogens (primary N) is 1. The second-order valence-electron chi connectivity index (χ2n) is 6.61. The van der Waals surface area contributed by atoms with Crippen LogP contribution in [0, 0.1) is 13.8 Å². The summed E-state index contributed by atoms with van der Waals surface area (Å²) in [6.45, 7) is 10.2. The van der Waals surface area contributed by atoms with E-state index in [-0.39, 0.29) is 0 Å². The Kier molecular flexibility index (Phi) is 4.56. The third-order valence-corrected chi connectivity index (χ3v) is 5.00. The van der Waals surface area contributed by atoms with Crippen LogP contribution in [0.4, 0.5) is 11.4 Å². The molecular weight excluding hydrogens is 296 g/mol. The van der Waals surface area contributed by atoms with E-state index in [9.17, 15) is 0 Å². The second-order valence-corrected chi connectivity index (χ2v) is 6.61. The van der Waals surface area contributed by atoms with Gasteiger partial charge < -0.3 is 10.6 Å². The molecule has 3 heterocycles. The van der Waals surface area contributed by atoms with Gasteiger partial charge in [-0.2, -0.15) is 0 Å². The minimum atomic E-state index is 0.531. The fraction of sp³-hybridized carbons (Fsp3) is 0.400. The number of nitrogen functional groups attached to an aromatic ring is 1. The number of rotatable bonds is 5. The quantitative estimate of drug-likeness (QED) is 0.835. The summed E-state index contributed by atoms with van der Waals surface area (Å²) in [6.07, 6.45) is 9.03. The third kappa shape index (κ3) is 2.88. The van der Waals surface area contributed by atoms with Crippen molar-refractivity contribution in [3.63, 3.8) is 0 Å². The summed E-state index contributed by atoms with van der Waals surface area (Å²) >= 11 is 0. The van der Waals surface area contributed by atoms with Crippen LogP contribution in [-0.4, -0.2) is 22.1 Å². The lowest BCUT2D eigenvalue weighted by atomic mass is 9.87. The van der Waals surface area contributed by atoms with E-state index in [4.69, 9.17) is 5.73 Å². The van der Waals surface area contributed by atoms with E-state index < -0.39 is 0 Å². The molecule has 0 radical (unpaired) electrons. The molecule has 0 amide bonds. The Bertz CT molecular complexity index is 753. The van der Waals surface area contributed by atoms with Crippen molar-refractivity contribution in [3.05, 3.63) is 48.6 Å². The summed E-state index contributed by atoms with van der Waals surface area (Å²) in [6, 6.07) is 5.34. The molecule has 2 N–H and O–H groups in total. The SMILES string of the molecule is C=CCC1CC(CC)N1c1cc(-c2cc(N)cnc2C)cnc1C. The first kappa shape index (κ1) is 16.5. The van der Waals surface area contributed by atoms with Gasteiger partial charge in [-0.1, -0.05) is 13.0 Å². The zero-order valence-corrected chi connectivity index (χ0v) is 14.8. The maximum Gasteiger partial charge on any atom is 0.0606 e. The molecule has 2 atom stereocenters. The number of hydrogen-bond acceptors (Lipinski definition) is 4. The number of nitrogens with zero attached hydrogens (tertiary/aromatic N) is 3. The molecule has 4 nitrogen and oxygen atoms in total. The highest BCUT2D eigenvalue weighted by Gasteiger charge is 2.37. The lowest BCUT2D eigenvalue weighted by Gasteiger charge is -2.50. The molecule has 4 heteroatoms. The molecular formula is C20H26N4. The van der Waals surface area contributed by atoms with Gasteiger partial charge in [0.2, 0.25) is 0 Å². The van der Waals surface area contributed by atoms with Gasteiger partial charge in [-0.15, -0.1) is 6.58 Å². The van der Waals surface area contributed by atoms with Crippen LogP contribution in [-0.2, 0) is 0 Å². The first-order valence-electron chi connectivity index (χ1n) is 8.63. The highest BCUT2D eigenvalue weighted by atomic mass is 15.3. The smallest absolute Gasteiger partial charge is 0.0606 e. The number of hydrogen-bond donors (Lipinski definition) is 1. The molecule has 0 saturated carbocycles. The third-order valence-electron chi connectivity index (χ3n) is 5.00. The predicted molar refractivity (Wildman–Crippen MR) is 101 cm³/mol. The van der Waals surface area contributed by atoms with E-state index >= 15 is 0 Å². The Labute approximate surface area is 144 Å². The molecule has 126 valence electrons. The van der Waals surface area contributed by atoms with Crippen LogP contribution in [0.2, 0.25) is 0 Å². The van der Waals surface area contributed by atoms with Gasteiger partial charge >= 0.3 is 0 Å². The zero-order valence-electron chi connectivity index (χ0n) is 14.8. The van der Waals surface area contributed by atoms with Crippen molar-refractivity contribution in [1.82, 2.24) is 9.97 Å². The maximum atomic E-state index is 5.93. The van der Waals surface area contributed by atoms with E-state index in [0.717, 1.165) is 35.4 Å². The van der Waals surface area contributed by atoms with Crippen LogP contribution < -0.4 is 10.6 Å². The van der Waals surface area contributed by atoms with Crippen molar-refractivity contribution in [1.29, 1.82) is 0 Å². The van der Waals surface area contributed by atoms with Crippen molar-refractivity contribution >= 4 is 11.4 Å². The Balaban J connectivity index is 2.03. The van der Waals surface area contributed by atoms with Gasteiger partial charge in [-0.05, 0) is 45.2 Å². The molecule has 0 aromatic carbocycles. The lowest BCUT2D eigenvalue weighted by molar-refractivity contribution is 0.331. The van der Waals surface area contributed by atoms with Gasteiger partial charge in [0.05, 0.1) is 23.3 Å². The van der Waals surface area contributed by atoms with Crippen LogP contribution >= 0.6 is 0 Å². The summed E-state index contributed by atoms with van der Waals surface area (Å²) in [5.74, 6) is 0. The van der Waals surface area contributed by atoms with Crippen molar-refractivity contribution in [2.24, 2.45) is 0 Å². The molecule has 1 saturated heterocycles. The number of anilines is 2. The highest BCUT2D eigenvalue weighted by molar-refractivity contribution is 5.73. The molecule has 0 bridgehead atoms. The van der Waals surface area contributed by atoms with Crippen molar-refractivity contribution in [2.45, 2.75) is 52.1 Å². The molecule has 1 fully saturated rings. The van der Waals surface area contributed by atoms with Gasteiger partial charge in [0.1, 0.15) is 0 Å². The first-order chi connectivity index (χ1) is 11.5. The van der Waals surface area contributed by atoms with E-state index in [2.05, 4.69) is 41.4 Å². The Morgan fingerprint density at radius 1 is 1.21 bits per heavy atom. The van der Waals surface area contributed by atoms with E-state index in [1.807, 2.05) is 25.3 Å². The second kappa shape index (κ2) is 6.63. The normalized spacial score (nSPS) is 19.9. The van der Waals surface area contributed by atoms with Crippen LogP contribution in [0.15, 0.2) is 37.2 Å². The fourth-order valence-electron chi connectivity index (χ4n) is 3.63. The standard InChI is InChI=1S/C20H26N4/c1-5-7-18-10-17(6-2)24(18)20-8-15(11-22-14(20)4)19-9-16(21)12-23-13(19)3/h5,8-9,11-12,17-18H,1,6-7,10,21H2,2-4H3. The molecule has 0 aliphatic carbocycles. The van der Waals surface area contributed by atoms with Crippen molar-refractivity contribution in [2.75, 3.05) is 10.6 Å². The zero-order chi connectivity index (χ0) is 17.3. The Morgan fingerprint density at radius 2 is 1.96 bits per heavy atom. The summed E-state index contributed by atoms with van der Waals surface area (Å²) in [5.41, 5.74) is 12.0. The van der Waals surface area contributed by atoms with Crippen LogP contribution in [0.5, 0.6) is 0 Å². The largest absolute Gasteiger partial charge is 0.397 e. The lowest BCUT2D eigenvalue weighted by Crippen LogP contribution is -2.56. The summed E-state index contributed by atoms with van der Waals surface area (Å²) in [5, 5.41) is 0. The molecule has 3 rings (SSSR count). The van der Waals surface area contributed by atoms with Gasteiger partial charge in [-0.3, -0.25) is 9.97 Å². The fourth-order valence-corrected chi connectivity index (χ4v) is 3.63. The van der Waals surface area contributed by atoms with Crippen LogP contribution in [0.1, 0.15) is 37.6 Å². The Morgan fingerprint density at radius 3 is 2.67 bits per heavy atom. The molecule has 2 aromatic heterocycles. The summed E-state index contributed by atoms with van der Waals surface area (Å²) in [7, 11) is 0. The highest BCUT2D eigenvalue weighted by Crippen LogP contribution is 2.39. The number of aryl methyl sites for hydroxylation is 2. The molecule has 2 unspecified atom stereocenters. The molecule has 0 spiro atoms. The topological polar surface area (TPSA) is 55.0 Å².